The predicted octanol–water partition coefficient (Wildman–Crippen LogP) is 3.10. The lowest BCUT2D eigenvalue weighted by molar-refractivity contribution is 0.438. The van der Waals surface area contributed by atoms with Crippen LogP contribution in [0.3, 0.4) is 0 Å². The number of imidazole rings is 1. The van der Waals surface area contributed by atoms with Crippen LogP contribution in [0, 0.1) is 11.3 Å². The van der Waals surface area contributed by atoms with Crippen LogP contribution in [0.5, 0.6) is 0 Å². The number of nitrogens with zero attached hydrogens (tertiary/aromatic N) is 5. The number of nitriles is 1. The van der Waals surface area contributed by atoms with Gasteiger partial charge in [-0.05, 0) is 31.2 Å². The minimum absolute atomic E-state index is 0.137. The molecule has 2 aromatic heterocycles. The summed E-state index contributed by atoms with van der Waals surface area (Å²) in [4.78, 5) is 4.55. The molecule has 6 heteroatoms. The molecule has 0 aliphatic rings. The molecule has 21 heavy (non-hydrogen) atoms. The van der Waals surface area contributed by atoms with Gasteiger partial charge in [-0.15, -0.1) is 11.6 Å². The van der Waals surface area contributed by atoms with Crippen molar-refractivity contribution in [2.75, 3.05) is 0 Å². The summed E-state index contributed by atoms with van der Waals surface area (Å²) in [6.07, 6.45) is 3.69. The van der Waals surface area contributed by atoms with Crippen molar-refractivity contribution in [1.82, 2.24) is 19.3 Å². The second kappa shape index (κ2) is 5.58. The summed E-state index contributed by atoms with van der Waals surface area (Å²) in [6.45, 7) is 2.82. The third-order valence-corrected chi connectivity index (χ3v) is 3.70. The van der Waals surface area contributed by atoms with Gasteiger partial charge in [0.2, 0.25) is 0 Å². The van der Waals surface area contributed by atoms with Gasteiger partial charge < -0.3 is 4.57 Å². The van der Waals surface area contributed by atoms with Crippen molar-refractivity contribution >= 4 is 22.6 Å². The van der Waals surface area contributed by atoms with Crippen LogP contribution in [0.25, 0.3) is 11.0 Å². The molecule has 0 aliphatic heterocycles. The van der Waals surface area contributed by atoms with Gasteiger partial charge in [0.15, 0.2) is 0 Å². The first-order valence-corrected chi connectivity index (χ1v) is 7.20. The summed E-state index contributed by atoms with van der Waals surface area (Å²) in [5.41, 5.74) is 2.41. The third kappa shape index (κ3) is 2.50. The van der Waals surface area contributed by atoms with E-state index in [1.165, 1.54) is 0 Å². The molecule has 0 aliphatic carbocycles. The quantitative estimate of drug-likeness (QED) is 0.696. The molecule has 5 nitrogen and oxygen atoms in total. The molecule has 0 spiro atoms. The first-order valence-electron chi connectivity index (χ1n) is 6.67. The number of hydrogen-bond acceptors (Lipinski definition) is 3. The summed E-state index contributed by atoms with van der Waals surface area (Å²) in [7, 11) is 0. The molecular weight excluding hydrogens is 286 g/mol. The zero-order chi connectivity index (χ0) is 14.8. The standard InChI is InChI=1S/C15H14ClN5/c1-11(10-20-6-2-5-18-20)21-14-7-12(9-17)3-4-13(14)19-15(21)8-16/h2-7,11H,8,10H2,1H3. The fraction of sp³-hybridized carbons (Fsp3) is 0.267. The molecule has 3 rings (SSSR count). The smallest absolute Gasteiger partial charge is 0.125 e. The van der Waals surface area contributed by atoms with Gasteiger partial charge in [0.25, 0.3) is 0 Å². The Balaban J connectivity index is 2.08. The largest absolute Gasteiger partial charge is 0.322 e. The number of rotatable bonds is 4. The Labute approximate surface area is 127 Å². The van der Waals surface area contributed by atoms with Crippen LogP contribution >= 0.6 is 11.6 Å². The molecule has 0 saturated heterocycles. The Morgan fingerprint density at radius 1 is 1.43 bits per heavy atom. The van der Waals surface area contributed by atoms with E-state index in [0.717, 1.165) is 23.4 Å². The lowest BCUT2D eigenvalue weighted by Gasteiger charge is -2.17. The van der Waals surface area contributed by atoms with Crippen molar-refractivity contribution < 1.29 is 0 Å². The second-order valence-electron chi connectivity index (χ2n) is 4.92. The maximum atomic E-state index is 9.08. The molecule has 0 N–H and O–H groups in total. The Kier molecular flexibility index (Phi) is 3.63. The Hall–Kier alpha value is -2.32. The van der Waals surface area contributed by atoms with Gasteiger partial charge in [0, 0.05) is 12.4 Å². The number of benzene rings is 1. The van der Waals surface area contributed by atoms with Gasteiger partial charge in [0.1, 0.15) is 5.82 Å². The first-order chi connectivity index (χ1) is 10.2. The first kappa shape index (κ1) is 13.7. The Bertz CT molecular complexity index is 797. The molecule has 0 amide bonds. The highest BCUT2D eigenvalue weighted by atomic mass is 35.5. The number of fused-ring (bicyclic) bond motifs is 1. The monoisotopic (exact) mass is 299 g/mol. The molecule has 2 heterocycles. The van der Waals surface area contributed by atoms with Crippen LogP contribution in [-0.4, -0.2) is 19.3 Å². The van der Waals surface area contributed by atoms with Crippen molar-refractivity contribution in [3.8, 4) is 6.07 Å². The number of halogens is 1. The highest BCUT2D eigenvalue weighted by Gasteiger charge is 2.16. The molecule has 0 bridgehead atoms. The summed E-state index contributed by atoms with van der Waals surface area (Å²) >= 11 is 6.03. The highest BCUT2D eigenvalue weighted by Crippen LogP contribution is 2.24. The van der Waals surface area contributed by atoms with E-state index in [0.29, 0.717) is 11.4 Å². The topological polar surface area (TPSA) is 59.4 Å². The van der Waals surface area contributed by atoms with E-state index in [1.807, 2.05) is 29.1 Å². The highest BCUT2D eigenvalue weighted by molar-refractivity contribution is 6.16. The molecule has 106 valence electrons. The normalized spacial score (nSPS) is 12.4. The molecule has 1 aromatic carbocycles. The predicted molar refractivity (Wildman–Crippen MR) is 80.9 cm³/mol. The fourth-order valence-electron chi connectivity index (χ4n) is 2.56. The van der Waals surface area contributed by atoms with Gasteiger partial charge in [-0.3, -0.25) is 4.68 Å². The van der Waals surface area contributed by atoms with Crippen LogP contribution in [0.1, 0.15) is 24.4 Å². The third-order valence-electron chi connectivity index (χ3n) is 3.46. The van der Waals surface area contributed by atoms with Gasteiger partial charge >= 0.3 is 0 Å². The number of hydrogen-bond donors (Lipinski definition) is 0. The molecule has 0 fully saturated rings. The van der Waals surface area contributed by atoms with Crippen molar-refractivity contribution in [3.05, 3.63) is 48.0 Å². The van der Waals surface area contributed by atoms with Crippen LogP contribution in [0.15, 0.2) is 36.7 Å². The average molecular weight is 300 g/mol. The van der Waals surface area contributed by atoms with Crippen molar-refractivity contribution in [2.45, 2.75) is 25.4 Å². The number of aromatic nitrogens is 4. The zero-order valence-corrected chi connectivity index (χ0v) is 12.3. The van der Waals surface area contributed by atoms with Crippen molar-refractivity contribution in [3.63, 3.8) is 0 Å². The summed E-state index contributed by atoms with van der Waals surface area (Å²) in [5.74, 6) is 1.14. The summed E-state index contributed by atoms with van der Waals surface area (Å²) < 4.78 is 3.97. The van der Waals surface area contributed by atoms with E-state index in [1.54, 1.807) is 12.3 Å². The summed E-state index contributed by atoms with van der Waals surface area (Å²) in [6, 6.07) is 9.70. The average Bonchev–Trinajstić information content (AvgIpc) is 3.12. The van der Waals surface area contributed by atoms with E-state index in [2.05, 4.69) is 27.6 Å². The van der Waals surface area contributed by atoms with E-state index in [9.17, 15) is 0 Å². The van der Waals surface area contributed by atoms with Gasteiger partial charge in [-0.1, -0.05) is 0 Å². The van der Waals surface area contributed by atoms with Crippen LogP contribution in [0.2, 0.25) is 0 Å². The maximum absolute atomic E-state index is 9.08. The van der Waals surface area contributed by atoms with Crippen LogP contribution in [0.4, 0.5) is 0 Å². The fourth-order valence-corrected chi connectivity index (χ4v) is 2.75. The van der Waals surface area contributed by atoms with E-state index in [4.69, 9.17) is 16.9 Å². The van der Waals surface area contributed by atoms with E-state index < -0.39 is 0 Å². The second-order valence-corrected chi connectivity index (χ2v) is 5.19. The SMILES string of the molecule is CC(Cn1cccn1)n1c(CCl)nc2ccc(C#N)cc21. The van der Waals surface area contributed by atoms with Crippen molar-refractivity contribution in [2.24, 2.45) is 0 Å². The van der Waals surface area contributed by atoms with Crippen molar-refractivity contribution in [1.29, 1.82) is 5.26 Å². The van der Waals surface area contributed by atoms with Gasteiger partial charge in [0.05, 0.1) is 41.1 Å². The molecule has 1 unspecified atom stereocenters. The van der Waals surface area contributed by atoms with Crippen LogP contribution in [-0.2, 0) is 12.4 Å². The van der Waals surface area contributed by atoms with E-state index >= 15 is 0 Å². The molecule has 1 atom stereocenters. The molecule has 3 aromatic rings. The lowest BCUT2D eigenvalue weighted by Crippen LogP contribution is -2.15. The maximum Gasteiger partial charge on any atom is 0.125 e. The Morgan fingerprint density at radius 2 is 2.29 bits per heavy atom. The number of alkyl halides is 1. The minimum Gasteiger partial charge on any atom is -0.322 e. The molecule has 0 radical (unpaired) electrons. The van der Waals surface area contributed by atoms with Crippen LogP contribution < -0.4 is 0 Å². The zero-order valence-electron chi connectivity index (χ0n) is 11.6. The van der Waals surface area contributed by atoms with Gasteiger partial charge in [-0.2, -0.15) is 10.4 Å². The lowest BCUT2D eigenvalue weighted by atomic mass is 10.2. The summed E-state index contributed by atoms with van der Waals surface area (Å²) in [5, 5.41) is 13.3. The molecule has 0 saturated carbocycles. The van der Waals surface area contributed by atoms with Gasteiger partial charge in [-0.25, -0.2) is 4.98 Å². The Morgan fingerprint density at radius 3 is 2.95 bits per heavy atom. The minimum atomic E-state index is 0.137. The van der Waals surface area contributed by atoms with E-state index in [-0.39, 0.29) is 6.04 Å². The molecular formula is C15H14ClN5.